The van der Waals surface area contributed by atoms with Crippen molar-refractivity contribution in [2.75, 3.05) is 11.4 Å². The fourth-order valence-electron chi connectivity index (χ4n) is 2.79. The quantitative estimate of drug-likeness (QED) is 0.804. The molecule has 4 nitrogen and oxygen atoms in total. The SMILES string of the molecule is CC(=O)c1ccc2c(c1)CCCN2Cc1cncn1C. The number of carbonyl (C=O) groups is 1. The first kappa shape index (κ1) is 12.9. The fourth-order valence-corrected chi connectivity index (χ4v) is 2.79. The maximum Gasteiger partial charge on any atom is 0.159 e. The Morgan fingerprint density at radius 3 is 2.95 bits per heavy atom. The van der Waals surface area contributed by atoms with Gasteiger partial charge in [0.15, 0.2) is 5.78 Å². The highest BCUT2D eigenvalue weighted by Gasteiger charge is 2.18. The van der Waals surface area contributed by atoms with E-state index in [9.17, 15) is 4.79 Å². The predicted octanol–water partition coefficient (Wildman–Crippen LogP) is 2.58. The van der Waals surface area contributed by atoms with E-state index in [-0.39, 0.29) is 5.78 Å². The lowest BCUT2D eigenvalue weighted by Gasteiger charge is -2.31. The van der Waals surface area contributed by atoms with Crippen LogP contribution in [0.25, 0.3) is 0 Å². The minimum atomic E-state index is 0.136. The van der Waals surface area contributed by atoms with E-state index in [2.05, 4.69) is 20.5 Å². The molecule has 1 aromatic heterocycles. The van der Waals surface area contributed by atoms with Crippen LogP contribution < -0.4 is 4.90 Å². The van der Waals surface area contributed by atoms with Crippen LogP contribution in [0, 0.1) is 0 Å². The Kier molecular flexibility index (Phi) is 3.30. The zero-order chi connectivity index (χ0) is 14.1. The van der Waals surface area contributed by atoms with E-state index in [1.165, 1.54) is 16.9 Å². The molecule has 0 bridgehead atoms. The lowest BCUT2D eigenvalue weighted by Crippen LogP contribution is -2.29. The Morgan fingerprint density at radius 1 is 1.40 bits per heavy atom. The first-order chi connectivity index (χ1) is 9.65. The number of carbonyl (C=O) groups excluding carboxylic acids is 1. The number of hydrogen-bond donors (Lipinski definition) is 0. The van der Waals surface area contributed by atoms with Crippen LogP contribution in [0.1, 0.15) is 35.0 Å². The van der Waals surface area contributed by atoms with Crippen molar-refractivity contribution in [3.63, 3.8) is 0 Å². The fraction of sp³-hybridized carbons (Fsp3) is 0.375. The molecule has 0 saturated heterocycles. The highest BCUT2D eigenvalue weighted by atomic mass is 16.1. The van der Waals surface area contributed by atoms with Crippen LogP contribution in [-0.4, -0.2) is 21.9 Å². The molecule has 0 atom stereocenters. The van der Waals surface area contributed by atoms with Gasteiger partial charge < -0.3 is 9.47 Å². The Morgan fingerprint density at radius 2 is 2.25 bits per heavy atom. The lowest BCUT2D eigenvalue weighted by molar-refractivity contribution is 0.101. The Balaban J connectivity index is 1.90. The van der Waals surface area contributed by atoms with Crippen molar-refractivity contribution < 1.29 is 4.79 Å². The smallest absolute Gasteiger partial charge is 0.159 e. The minimum Gasteiger partial charge on any atom is -0.365 e. The highest BCUT2D eigenvalue weighted by Crippen LogP contribution is 2.29. The van der Waals surface area contributed by atoms with Crippen molar-refractivity contribution in [1.82, 2.24) is 9.55 Å². The molecular weight excluding hydrogens is 250 g/mol. The molecule has 4 heteroatoms. The normalized spacial score (nSPS) is 14.2. The molecule has 104 valence electrons. The minimum absolute atomic E-state index is 0.136. The summed E-state index contributed by atoms with van der Waals surface area (Å²) in [6, 6.07) is 6.07. The summed E-state index contributed by atoms with van der Waals surface area (Å²) in [6.07, 6.45) is 5.93. The summed E-state index contributed by atoms with van der Waals surface area (Å²) in [5, 5.41) is 0. The summed E-state index contributed by atoms with van der Waals surface area (Å²) in [7, 11) is 2.02. The van der Waals surface area contributed by atoms with E-state index >= 15 is 0 Å². The zero-order valence-corrected chi connectivity index (χ0v) is 12.0. The van der Waals surface area contributed by atoms with E-state index in [0.717, 1.165) is 31.5 Å². The second-order valence-electron chi connectivity index (χ2n) is 5.42. The van der Waals surface area contributed by atoms with Gasteiger partial charge in [-0.1, -0.05) is 0 Å². The maximum absolute atomic E-state index is 11.5. The number of rotatable bonds is 3. The predicted molar refractivity (Wildman–Crippen MR) is 79.0 cm³/mol. The summed E-state index contributed by atoms with van der Waals surface area (Å²) in [4.78, 5) is 18.0. The second kappa shape index (κ2) is 5.12. The van der Waals surface area contributed by atoms with Crippen molar-refractivity contribution in [1.29, 1.82) is 0 Å². The van der Waals surface area contributed by atoms with Crippen molar-refractivity contribution in [3.05, 3.63) is 47.5 Å². The third kappa shape index (κ3) is 2.33. The molecule has 1 aliphatic heterocycles. The number of nitrogens with zero attached hydrogens (tertiary/aromatic N) is 3. The van der Waals surface area contributed by atoms with Crippen LogP contribution in [0.2, 0.25) is 0 Å². The molecule has 1 aromatic carbocycles. The van der Waals surface area contributed by atoms with Crippen LogP contribution >= 0.6 is 0 Å². The molecule has 2 heterocycles. The number of benzene rings is 1. The largest absolute Gasteiger partial charge is 0.365 e. The standard InChI is InChI=1S/C16H19N3O/c1-12(20)13-5-6-16-14(8-13)4-3-7-19(16)10-15-9-17-11-18(15)2/h5-6,8-9,11H,3-4,7,10H2,1-2H3. The molecule has 0 unspecified atom stereocenters. The van der Waals surface area contributed by atoms with Crippen LogP contribution in [0.15, 0.2) is 30.7 Å². The van der Waals surface area contributed by atoms with E-state index in [1.54, 1.807) is 6.92 Å². The van der Waals surface area contributed by atoms with Crippen molar-refractivity contribution in [2.45, 2.75) is 26.3 Å². The molecule has 0 saturated carbocycles. The average molecular weight is 269 g/mol. The van der Waals surface area contributed by atoms with Gasteiger partial charge in [-0.15, -0.1) is 0 Å². The molecule has 0 fully saturated rings. The Labute approximate surface area is 119 Å². The summed E-state index contributed by atoms with van der Waals surface area (Å²) in [5.74, 6) is 0.136. The number of imidazole rings is 1. The number of hydrogen-bond acceptors (Lipinski definition) is 3. The Hall–Kier alpha value is -2.10. The van der Waals surface area contributed by atoms with Gasteiger partial charge in [-0.3, -0.25) is 4.79 Å². The molecule has 0 amide bonds. The molecule has 2 aromatic rings. The van der Waals surface area contributed by atoms with E-state index in [0.29, 0.717) is 0 Å². The van der Waals surface area contributed by atoms with Gasteiger partial charge >= 0.3 is 0 Å². The molecule has 0 spiro atoms. The summed E-state index contributed by atoms with van der Waals surface area (Å²) in [6.45, 7) is 3.54. The monoisotopic (exact) mass is 269 g/mol. The number of aromatic nitrogens is 2. The van der Waals surface area contributed by atoms with Gasteiger partial charge in [0.2, 0.25) is 0 Å². The first-order valence-corrected chi connectivity index (χ1v) is 6.99. The van der Waals surface area contributed by atoms with Gasteiger partial charge in [0.1, 0.15) is 0 Å². The first-order valence-electron chi connectivity index (χ1n) is 6.99. The highest BCUT2D eigenvalue weighted by molar-refractivity contribution is 5.94. The van der Waals surface area contributed by atoms with Crippen molar-refractivity contribution in [2.24, 2.45) is 7.05 Å². The lowest BCUT2D eigenvalue weighted by atomic mass is 9.98. The summed E-state index contributed by atoms with van der Waals surface area (Å²) < 4.78 is 2.05. The average Bonchev–Trinajstić information content (AvgIpc) is 2.84. The van der Waals surface area contributed by atoms with Gasteiger partial charge in [-0.05, 0) is 43.5 Å². The summed E-state index contributed by atoms with van der Waals surface area (Å²) >= 11 is 0. The number of ketones is 1. The third-order valence-corrected chi connectivity index (χ3v) is 3.97. The number of anilines is 1. The molecular formula is C16H19N3O. The molecule has 1 aliphatic rings. The van der Waals surface area contributed by atoms with Gasteiger partial charge in [-0.2, -0.15) is 0 Å². The number of aryl methyl sites for hydroxylation is 2. The van der Waals surface area contributed by atoms with Gasteiger partial charge in [-0.25, -0.2) is 4.98 Å². The summed E-state index contributed by atoms with van der Waals surface area (Å²) in [5.41, 5.74) is 4.55. The van der Waals surface area contributed by atoms with Crippen molar-refractivity contribution >= 4 is 11.5 Å². The number of Topliss-reactive ketones (excluding diaryl/α,β-unsaturated/α-hetero) is 1. The maximum atomic E-state index is 11.5. The third-order valence-electron chi connectivity index (χ3n) is 3.97. The van der Waals surface area contributed by atoms with Crippen LogP contribution in [-0.2, 0) is 20.0 Å². The van der Waals surface area contributed by atoms with Crippen molar-refractivity contribution in [3.8, 4) is 0 Å². The molecule has 3 rings (SSSR count). The zero-order valence-electron chi connectivity index (χ0n) is 12.0. The van der Waals surface area contributed by atoms with Gasteiger partial charge in [0.25, 0.3) is 0 Å². The van der Waals surface area contributed by atoms with E-state index < -0.39 is 0 Å². The van der Waals surface area contributed by atoms with Crippen LogP contribution in [0.5, 0.6) is 0 Å². The Bertz CT molecular complexity index is 645. The molecule has 0 N–H and O–H groups in total. The molecule has 20 heavy (non-hydrogen) atoms. The van der Waals surface area contributed by atoms with E-state index in [1.807, 2.05) is 31.7 Å². The number of fused-ring (bicyclic) bond motifs is 1. The molecule has 0 aliphatic carbocycles. The van der Waals surface area contributed by atoms with Gasteiger partial charge in [0.05, 0.1) is 18.6 Å². The van der Waals surface area contributed by atoms with E-state index in [4.69, 9.17) is 0 Å². The second-order valence-corrected chi connectivity index (χ2v) is 5.42. The van der Waals surface area contributed by atoms with Gasteiger partial charge in [0, 0.05) is 31.0 Å². The topological polar surface area (TPSA) is 38.1 Å². The van der Waals surface area contributed by atoms with Crippen LogP contribution in [0.3, 0.4) is 0 Å². The van der Waals surface area contributed by atoms with Crippen LogP contribution in [0.4, 0.5) is 5.69 Å². The molecule has 0 radical (unpaired) electrons.